The highest BCUT2D eigenvalue weighted by atomic mass is 16.1. The minimum atomic E-state index is -0.346. The van der Waals surface area contributed by atoms with E-state index in [-0.39, 0.29) is 11.9 Å². The molecular formula is C13H18N2O. The molecule has 3 N–H and O–H groups in total. The van der Waals surface area contributed by atoms with Gasteiger partial charge in [-0.1, -0.05) is 29.8 Å². The normalized spacial score (nSPS) is 17.1. The number of hydrogen-bond donors (Lipinski definition) is 2. The summed E-state index contributed by atoms with van der Waals surface area (Å²) in [4.78, 5) is 11.4. The Morgan fingerprint density at radius 2 is 2.06 bits per heavy atom. The predicted molar refractivity (Wildman–Crippen MR) is 63.8 cm³/mol. The van der Waals surface area contributed by atoms with Gasteiger partial charge in [0.1, 0.15) is 6.04 Å². The van der Waals surface area contributed by atoms with Crippen LogP contribution in [-0.2, 0) is 4.79 Å². The number of primary amides is 1. The molecular weight excluding hydrogens is 200 g/mol. The van der Waals surface area contributed by atoms with Crippen LogP contribution in [0.5, 0.6) is 0 Å². The van der Waals surface area contributed by atoms with E-state index in [0.717, 1.165) is 18.0 Å². The Kier molecular flexibility index (Phi) is 3.25. The summed E-state index contributed by atoms with van der Waals surface area (Å²) in [7, 11) is 0. The SMILES string of the molecule is Cc1ccc(C(NCC2CC2)C(N)=O)cc1. The first kappa shape index (κ1) is 11.1. The molecule has 1 atom stereocenters. The summed E-state index contributed by atoms with van der Waals surface area (Å²) in [5, 5.41) is 3.24. The first-order valence-corrected chi connectivity index (χ1v) is 5.76. The predicted octanol–water partition coefficient (Wildman–Crippen LogP) is 1.52. The molecule has 0 aliphatic heterocycles. The third-order valence-corrected chi connectivity index (χ3v) is 3.00. The summed E-state index contributed by atoms with van der Waals surface area (Å²) in [6.07, 6.45) is 2.54. The van der Waals surface area contributed by atoms with Gasteiger partial charge in [0.2, 0.25) is 5.91 Å². The maximum absolute atomic E-state index is 11.4. The molecule has 0 saturated heterocycles. The Balaban J connectivity index is 2.04. The van der Waals surface area contributed by atoms with Gasteiger partial charge < -0.3 is 11.1 Å². The van der Waals surface area contributed by atoms with Crippen LogP contribution in [0.15, 0.2) is 24.3 Å². The lowest BCUT2D eigenvalue weighted by Crippen LogP contribution is -2.34. The van der Waals surface area contributed by atoms with Crippen molar-refractivity contribution in [2.45, 2.75) is 25.8 Å². The lowest BCUT2D eigenvalue weighted by Gasteiger charge is -2.15. The van der Waals surface area contributed by atoms with Gasteiger partial charge in [-0.25, -0.2) is 0 Å². The summed E-state index contributed by atoms with van der Waals surface area (Å²) >= 11 is 0. The topological polar surface area (TPSA) is 55.1 Å². The molecule has 0 heterocycles. The third kappa shape index (κ3) is 2.83. The van der Waals surface area contributed by atoms with E-state index in [1.165, 1.54) is 18.4 Å². The molecule has 2 rings (SSSR count). The van der Waals surface area contributed by atoms with E-state index in [2.05, 4.69) is 5.32 Å². The molecule has 1 aromatic carbocycles. The van der Waals surface area contributed by atoms with Gasteiger partial charge in [-0.05, 0) is 37.8 Å². The molecule has 1 saturated carbocycles. The minimum Gasteiger partial charge on any atom is -0.368 e. The van der Waals surface area contributed by atoms with Crippen LogP contribution in [0.1, 0.15) is 30.0 Å². The quantitative estimate of drug-likeness (QED) is 0.787. The van der Waals surface area contributed by atoms with Gasteiger partial charge in [-0.2, -0.15) is 0 Å². The number of carbonyl (C=O) groups is 1. The number of nitrogens with two attached hydrogens (primary N) is 1. The number of nitrogens with one attached hydrogen (secondary N) is 1. The minimum absolute atomic E-state index is 0.301. The van der Waals surface area contributed by atoms with E-state index in [1.54, 1.807) is 0 Å². The highest BCUT2D eigenvalue weighted by Gasteiger charge is 2.24. The Morgan fingerprint density at radius 1 is 1.44 bits per heavy atom. The van der Waals surface area contributed by atoms with Crippen LogP contribution >= 0.6 is 0 Å². The van der Waals surface area contributed by atoms with Crippen LogP contribution in [-0.4, -0.2) is 12.5 Å². The van der Waals surface area contributed by atoms with Crippen molar-refractivity contribution in [2.75, 3.05) is 6.54 Å². The Morgan fingerprint density at radius 3 is 2.56 bits per heavy atom. The second-order valence-electron chi connectivity index (χ2n) is 4.60. The van der Waals surface area contributed by atoms with Crippen LogP contribution < -0.4 is 11.1 Å². The summed E-state index contributed by atoms with van der Waals surface area (Å²) in [5.74, 6) is 0.441. The Labute approximate surface area is 96.0 Å². The first-order valence-electron chi connectivity index (χ1n) is 5.76. The molecule has 1 aliphatic carbocycles. The van der Waals surface area contributed by atoms with Gasteiger partial charge in [0.05, 0.1) is 0 Å². The number of rotatable bonds is 5. The molecule has 1 aliphatic rings. The highest BCUT2D eigenvalue weighted by Crippen LogP contribution is 2.28. The summed E-state index contributed by atoms with van der Waals surface area (Å²) in [6.45, 7) is 2.92. The van der Waals surface area contributed by atoms with E-state index < -0.39 is 0 Å². The van der Waals surface area contributed by atoms with E-state index in [1.807, 2.05) is 31.2 Å². The monoisotopic (exact) mass is 218 g/mol. The maximum atomic E-state index is 11.4. The number of aryl methyl sites for hydroxylation is 1. The average molecular weight is 218 g/mol. The zero-order valence-corrected chi connectivity index (χ0v) is 9.57. The smallest absolute Gasteiger partial charge is 0.239 e. The molecule has 3 heteroatoms. The molecule has 16 heavy (non-hydrogen) atoms. The van der Waals surface area contributed by atoms with Crippen LogP contribution in [0, 0.1) is 12.8 Å². The van der Waals surface area contributed by atoms with Gasteiger partial charge in [0.15, 0.2) is 0 Å². The fourth-order valence-corrected chi connectivity index (χ4v) is 1.75. The van der Waals surface area contributed by atoms with Crippen molar-refractivity contribution in [1.29, 1.82) is 0 Å². The lowest BCUT2D eigenvalue weighted by molar-refractivity contribution is -0.120. The van der Waals surface area contributed by atoms with Crippen molar-refractivity contribution in [1.82, 2.24) is 5.32 Å². The van der Waals surface area contributed by atoms with Gasteiger partial charge in [-0.3, -0.25) is 4.79 Å². The van der Waals surface area contributed by atoms with Crippen molar-refractivity contribution >= 4 is 5.91 Å². The average Bonchev–Trinajstić information content (AvgIpc) is 3.04. The van der Waals surface area contributed by atoms with Crippen molar-refractivity contribution in [2.24, 2.45) is 11.7 Å². The van der Waals surface area contributed by atoms with Gasteiger partial charge in [0.25, 0.3) is 0 Å². The van der Waals surface area contributed by atoms with Crippen LogP contribution in [0.2, 0.25) is 0 Å². The molecule has 0 spiro atoms. The number of hydrogen-bond acceptors (Lipinski definition) is 2. The molecule has 0 radical (unpaired) electrons. The number of benzene rings is 1. The summed E-state index contributed by atoms with van der Waals surface area (Å²) in [5.41, 5.74) is 7.56. The standard InChI is InChI=1S/C13H18N2O/c1-9-2-6-11(7-3-9)12(13(14)16)15-8-10-4-5-10/h2-3,6-7,10,12,15H,4-5,8H2,1H3,(H2,14,16). The Bertz CT molecular complexity index is 368. The molecule has 86 valence electrons. The van der Waals surface area contributed by atoms with Gasteiger partial charge in [0, 0.05) is 0 Å². The van der Waals surface area contributed by atoms with E-state index >= 15 is 0 Å². The second-order valence-corrected chi connectivity index (χ2v) is 4.60. The molecule has 0 bridgehead atoms. The molecule has 0 aromatic heterocycles. The first-order chi connectivity index (χ1) is 7.66. The Hall–Kier alpha value is -1.35. The zero-order valence-electron chi connectivity index (χ0n) is 9.57. The number of carbonyl (C=O) groups excluding carboxylic acids is 1. The van der Waals surface area contributed by atoms with Crippen LogP contribution in [0.3, 0.4) is 0 Å². The van der Waals surface area contributed by atoms with Crippen LogP contribution in [0.4, 0.5) is 0 Å². The van der Waals surface area contributed by atoms with Crippen molar-refractivity contribution in [3.8, 4) is 0 Å². The maximum Gasteiger partial charge on any atom is 0.239 e. The van der Waals surface area contributed by atoms with Crippen molar-refractivity contribution in [3.63, 3.8) is 0 Å². The molecule has 3 nitrogen and oxygen atoms in total. The number of amides is 1. The summed E-state index contributed by atoms with van der Waals surface area (Å²) in [6, 6.07) is 7.59. The molecule has 1 amide bonds. The molecule has 1 unspecified atom stereocenters. The molecule has 1 fully saturated rings. The fraction of sp³-hybridized carbons (Fsp3) is 0.462. The van der Waals surface area contributed by atoms with Gasteiger partial charge in [-0.15, -0.1) is 0 Å². The van der Waals surface area contributed by atoms with E-state index in [4.69, 9.17) is 5.73 Å². The summed E-state index contributed by atoms with van der Waals surface area (Å²) < 4.78 is 0. The van der Waals surface area contributed by atoms with E-state index in [9.17, 15) is 4.79 Å². The third-order valence-electron chi connectivity index (χ3n) is 3.00. The van der Waals surface area contributed by atoms with Crippen molar-refractivity contribution < 1.29 is 4.79 Å². The van der Waals surface area contributed by atoms with Gasteiger partial charge >= 0.3 is 0 Å². The van der Waals surface area contributed by atoms with E-state index in [0.29, 0.717) is 0 Å². The molecule has 1 aromatic rings. The fourth-order valence-electron chi connectivity index (χ4n) is 1.75. The second kappa shape index (κ2) is 4.66. The highest BCUT2D eigenvalue weighted by molar-refractivity contribution is 5.81. The van der Waals surface area contributed by atoms with Crippen molar-refractivity contribution in [3.05, 3.63) is 35.4 Å². The largest absolute Gasteiger partial charge is 0.368 e. The lowest BCUT2D eigenvalue weighted by atomic mass is 10.0. The van der Waals surface area contributed by atoms with Crippen LogP contribution in [0.25, 0.3) is 0 Å². The zero-order chi connectivity index (χ0) is 11.5.